The number of hydrogen-bond acceptors (Lipinski definition) is 3. The molecular weight excluding hydrogens is 298 g/mol. The number of benzene rings is 1. The largest absolute Gasteiger partial charge is 0.465 e. The van der Waals surface area contributed by atoms with E-state index in [0.29, 0.717) is 18.7 Å². The van der Waals surface area contributed by atoms with Crippen molar-refractivity contribution in [2.75, 3.05) is 19.7 Å². The molecule has 0 radical (unpaired) electrons. The molecule has 0 aliphatic heterocycles. The summed E-state index contributed by atoms with van der Waals surface area (Å²) in [5.74, 6) is -0.571. The summed E-state index contributed by atoms with van der Waals surface area (Å²) < 4.78 is 5.57. The van der Waals surface area contributed by atoms with E-state index in [0.717, 1.165) is 4.47 Å². The van der Waals surface area contributed by atoms with Crippen LogP contribution in [0, 0.1) is 0 Å². The molecule has 0 unspecified atom stereocenters. The van der Waals surface area contributed by atoms with E-state index in [4.69, 9.17) is 4.74 Å². The van der Waals surface area contributed by atoms with Gasteiger partial charge in [-0.15, -0.1) is 0 Å². The van der Waals surface area contributed by atoms with E-state index in [1.54, 1.807) is 25.1 Å². The van der Waals surface area contributed by atoms with Crippen LogP contribution >= 0.6 is 15.9 Å². The highest BCUT2D eigenvalue weighted by Gasteiger charge is 2.19. The van der Waals surface area contributed by atoms with E-state index in [1.807, 2.05) is 13.0 Å². The van der Waals surface area contributed by atoms with Crippen LogP contribution in [-0.4, -0.2) is 36.5 Å². The molecule has 4 nitrogen and oxygen atoms in total. The van der Waals surface area contributed by atoms with E-state index in [9.17, 15) is 9.59 Å². The molecule has 0 heterocycles. The highest BCUT2D eigenvalue weighted by atomic mass is 79.9. The zero-order valence-electron chi connectivity index (χ0n) is 10.5. The van der Waals surface area contributed by atoms with E-state index in [2.05, 4.69) is 15.9 Å². The summed E-state index contributed by atoms with van der Waals surface area (Å²) in [6, 6.07) is 7.14. The molecule has 0 N–H and O–H groups in total. The summed E-state index contributed by atoms with van der Waals surface area (Å²) in [5, 5.41) is 0. The van der Waals surface area contributed by atoms with Crippen LogP contribution in [0.5, 0.6) is 0 Å². The van der Waals surface area contributed by atoms with Crippen LogP contribution < -0.4 is 0 Å². The molecule has 1 aromatic rings. The predicted molar refractivity (Wildman–Crippen MR) is 72.4 cm³/mol. The van der Waals surface area contributed by atoms with E-state index in [-0.39, 0.29) is 18.4 Å². The summed E-state index contributed by atoms with van der Waals surface area (Å²) in [7, 11) is 0. The minimum atomic E-state index is -0.389. The van der Waals surface area contributed by atoms with E-state index < -0.39 is 0 Å². The minimum Gasteiger partial charge on any atom is -0.465 e. The first-order chi connectivity index (χ1) is 8.60. The van der Waals surface area contributed by atoms with Gasteiger partial charge in [0.1, 0.15) is 6.54 Å². The van der Waals surface area contributed by atoms with Crippen molar-refractivity contribution < 1.29 is 14.3 Å². The van der Waals surface area contributed by atoms with Gasteiger partial charge in [-0.05, 0) is 41.9 Å². The highest BCUT2D eigenvalue weighted by molar-refractivity contribution is 9.10. The van der Waals surface area contributed by atoms with Gasteiger partial charge in [0.05, 0.1) is 12.2 Å². The lowest BCUT2D eigenvalue weighted by Crippen LogP contribution is -2.36. The first-order valence-corrected chi connectivity index (χ1v) is 6.58. The van der Waals surface area contributed by atoms with Crippen LogP contribution in [0.25, 0.3) is 0 Å². The summed E-state index contributed by atoms with van der Waals surface area (Å²) in [6.45, 7) is 4.32. The number of esters is 1. The Hall–Kier alpha value is -1.36. The van der Waals surface area contributed by atoms with Crippen molar-refractivity contribution in [3.8, 4) is 0 Å². The fourth-order valence-corrected chi connectivity index (χ4v) is 1.95. The van der Waals surface area contributed by atoms with Gasteiger partial charge in [0.15, 0.2) is 0 Å². The summed E-state index contributed by atoms with van der Waals surface area (Å²) in [6.07, 6.45) is 0. The number of rotatable bonds is 5. The first-order valence-electron chi connectivity index (χ1n) is 5.79. The second kappa shape index (κ2) is 7.16. The molecular formula is C13H16BrNO3. The minimum absolute atomic E-state index is 0.0233. The van der Waals surface area contributed by atoms with Gasteiger partial charge in [0, 0.05) is 11.0 Å². The fourth-order valence-electron chi connectivity index (χ4n) is 1.49. The number of amides is 1. The molecule has 1 aromatic carbocycles. The SMILES string of the molecule is CCOC(=O)CN(CC)C(=O)c1ccccc1Br. The number of hydrogen-bond donors (Lipinski definition) is 0. The lowest BCUT2D eigenvalue weighted by atomic mass is 10.2. The van der Waals surface area contributed by atoms with Crippen molar-refractivity contribution in [2.45, 2.75) is 13.8 Å². The third-order valence-corrected chi connectivity index (χ3v) is 3.09. The van der Waals surface area contributed by atoms with Crippen molar-refractivity contribution in [3.05, 3.63) is 34.3 Å². The van der Waals surface area contributed by atoms with Gasteiger partial charge in [0.2, 0.25) is 0 Å². The summed E-state index contributed by atoms with van der Waals surface area (Å²) in [5.41, 5.74) is 0.545. The van der Waals surface area contributed by atoms with Crippen LogP contribution in [-0.2, 0) is 9.53 Å². The molecule has 5 heteroatoms. The fraction of sp³-hybridized carbons (Fsp3) is 0.385. The van der Waals surface area contributed by atoms with Crippen molar-refractivity contribution in [1.82, 2.24) is 4.90 Å². The molecule has 0 aliphatic carbocycles. The molecule has 0 saturated heterocycles. The van der Waals surface area contributed by atoms with Crippen LogP contribution in [0.2, 0.25) is 0 Å². The van der Waals surface area contributed by atoms with Gasteiger partial charge in [0.25, 0.3) is 5.91 Å². The molecule has 0 fully saturated rings. The molecule has 0 aromatic heterocycles. The lowest BCUT2D eigenvalue weighted by Gasteiger charge is -2.20. The number of halogens is 1. The van der Waals surface area contributed by atoms with Crippen molar-refractivity contribution in [1.29, 1.82) is 0 Å². The number of carbonyl (C=O) groups excluding carboxylic acids is 2. The van der Waals surface area contributed by atoms with Crippen molar-refractivity contribution in [3.63, 3.8) is 0 Å². The molecule has 0 bridgehead atoms. The maximum Gasteiger partial charge on any atom is 0.325 e. The van der Waals surface area contributed by atoms with Gasteiger partial charge >= 0.3 is 5.97 Å². The van der Waals surface area contributed by atoms with Crippen LogP contribution in [0.3, 0.4) is 0 Å². The number of likely N-dealkylation sites (N-methyl/N-ethyl adjacent to an activating group) is 1. The molecule has 1 rings (SSSR count). The standard InChI is InChI=1S/C13H16BrNO3/c1-3-15(9-12(16)18-4-2)13(17)10-7-5-6-8-11(10)14/h5-8H,3-4,9H2,1-2H3. The van der Waals surface area contributed by atoms with Crippen LogP contribution in [0.4, 0.5) is 0 Å². The molecule has 0 saturated carbocycles. The molecule has 18 heavy (non-hydrogen) atoms. The average molecular weight is 314 g/mol. The van der Waals surface area contributed by atoms with Gasteiger partial charge in [-0.2, -0.15) is 0 Å². The Morgan fingerprint density at radius 3 is 2.50 bits per heavy atom. The second-order valence-electron chi connectivity index (χ2n) is 3.60. The Kier molecular flexibility index (Phi) is 5.85. The predicted octanol–water partition coefficient (Wildman–Crippen LogP) is 2.47. The maximum absolute atomic E-state index is 12.2. The molecule has 0 spiro atoms. The molecule has 0 atom stereocenters. The molecule has 98 valence electrons. The third kappa shape index (κ3) is 3.84. The number of ether oxygens (including phenoxy) is 1. The third-order valence-electron chi connectivity index (χ3n) is 2.40. The van der Waals surface area contributed by atoms with Crippen LogP contribution in [0.1, 0.15) is 24.2 Å². The average Bonchev–Trinajstić information content (AvgIpc) is 2.36. The number of nitrogens with zero attached hydrogens (tertiary/aromatic N) is 1. The van der Waals surface area contributed by atoms with Gasteiger partial charge in [-0.3, -0.25) is 9.59 Å². The smallest absolute Gasteiger partial charge is 0.325 e. The lowest BCUT2D eigenvalue weighted by molar-refractivity contribution is -0.143. The summed E-state index contributed by atoms with van der Waals surface area (Å²) >= 11 is 3.33. The topological polar surface area (TPSA) is 46.6 Å². The van der Waals surface area contributed by atoms with Gasteiger partial charge in [-0.25, -0.2) is 0 Å². The monoisotopic (exact) mass is 313 g/mol. The van der Waals surface area contributed by atoms with Gasteiger partial charge in [-0.1, -0.05) is 12.1 Å². The van der Waals surface area contributed by atoms with Crippen molar-refractivity contribution >= 4 is 27.8 Å². The quantitative estimate of drug-likeness (QED) is 0.785. The van der Waals surface area contributed by atoms with E-state index >= 15 is 0 Å². The van der Waals surface area contributed by atoms with E-state index in [1.165, 1.54) is 4.90 Å². The zero-order chi connectivity index (χ0) is 13.5. The Bertz CT molecular complexity index is 434. The summed E-state index contributed by atoms with van der Waals surface area (Å²) in [4.78, 5) is 25.1. The van der Waals surface area contributed by atoms with Crippen molar-refractivity contribution in [2.24, 2.45) is 0 Å². The van der Waals surface area contributed by atoms with Gasteiger partial charge < -0.3 is 9.64 Å². The maximum atomic E-state index is 12.2. The Balaban J connectivity index is 2.80. The molecule has 1 amide bonds. The second-order valence-corrected chi connectivity index (χ2v) is 4.46. The number of carbonyl (C=O) groups is 2. The zero-order valence-corrected chi connectivity index (χ0v) is 12.1. The molecule has 0 aliphatic rings. The highest BCUT2D eigenvalue weighted by Crippen LogP contribution is 2.17. The normalized spacial score (nSPS) is 9.94. The van der Waals surface area contributed by atoms with Crippen LogP contribution in [0.15, 0.2) is 28.7 Å². The Labute approximate surface area is 115 Å². The first kappa shape index (κ1) is 14.7. The Morgan fingerprint density at radius 1 is 1.28 bits per heavy atom. The Morgan fingerprint density at radius 2 is 1.94 bits per heavy atom.